The second-order valence-electron chi connectivity index (χ2n) is 5.81. The standard InChI is InChI=1S/C17H13ClF2N6/c1-10-6-14(15(19)20)24-26(10)13-4-2-11(3-5-13)9-25-16-12(8-22-25)7-21-17(18)23-16/h2-8,15H,9H2,1H3. The van der Waals surface area contributed by atoms with E-state index in [0.29, 0.717) is 23.6 Å². The molecule has 0 atom stereocenters. The van der Waals surface area contributed by atoms with E-state index in [1.165, 1.54) is 10.7 Å². The molecule has 4 rings (SSSR count). The van der Waals surface area contributed by atoms with E-state index < -0.39 is 6.43 Å². The Morgan fingerprint density at radius 2 is 1.92 bits per heavy atom. The number of hydrogen-bond donors (Lipinski definition) is 0. The molecule has 132 valence electrons. The molecule has 1 aromatic carbocycles. The lowest BCUT2D eigenvalue weighted by Crippen LogP contribution is -2.04. The van der Waals surface area contributed by atoms with Gasteiger partial charge in [0.2, 0.25) is 5.28 Å². The van der Waals surface area contributed by atoms with Crippen LogP contribution in [0.25, 0.3) is 16.7 Å². The summed E-state index contributed by atoms with van der Waals surface area (Å²) in [7, 11) is 0. The summed E-state index contributed by atoms with van der Waals surface area (Å²) in [6, 6.07) is 8.85. The van der Waals surface area contributed by atoms with Gasteiger partial charge in [-0.1, -0.05) is 12.1 Å². The van der Waals surface area contributed by atoms with E-state index in [1.807, 2.05) is 24.3 Å². The van der Waals surface area contributed by atoms with Crippen molar-refractivity contribution in [2.24, 2.45) is 0 Å². The van der Waals surface area contributed by atoms with Crippen LogP contribution in [-0.4, -0.2) is 29.5 Å². The zero-order valence-corrected chi connectivity index (χ0v) is 14.4. The Morgan fingerprint density at radius 1 is 1.15 bits per heavy atom. The molecule has 0 spiro atoms. The monoisotopic (exact) mass is 374 g/mol. The van der Waals surface area contributed by atoms with Gasteiger partial charge in [-0.15, -0.1) is 0 Å². The fraction of sp³-hybridized carbons (Fsp3) is 0.176. The van der Waals surface area contributed by atoms with Crippen molar-refractivity contribution in [2.75, 3.05) is 0 Å². The highest BCUT2D eigenvalue weighted by Gasteiger charge is 2.14. The number of benzene rings is 1. The van der Waals surface area contributed by atoms with Crippen LogP contribution in [-0.2, 0) is 6.54 Å². The smallest absolute Gasteiger partial charge is 0.243 e. The third-order valence-electron chi connectivity index (χ3n) is 3.99. The summed E-state index contributed by atoms with van der Waals surface area (Å²) in [6.45, 7) is 2.24. The fourth-order valence-corrected chi connectivity index (χ4v) is 2.87. The maximum absolute atomic E-state index is 12.8. The summed E-state index contributed by atoms with van der Waals surface area (Å²) in [5.41, 5.74) is 2.77. The molecular weight excluding hydrogens is 362 g/mol. The molecule has 0 saturated carbocycles. The van der Waals surface area contributed by atoms with Crippen LogP contribution >= 0.6 is 11.6 Å². The Labute approximate surface area is 152 Å². The van der Waals surface area contributed by atoms with Crippen LogP contribution in [0.4, 0.5) is 8.78 Å². The van der Waals surface area contributed by atoms with Gasteiger partial charge >= 0.3 is 0 Å². The van der Waals surface area contributed by atoms with Crippen molar-refractivity contribution in [2.45, 2.75) is 19.9 Å². The normalized spacial score (nSPS) is 11.6. The molecule has 0 amide bonds. The molecule has 0 N–H and O–H groups in total. The Kier molecular flexibility index (Phi) is 4.12. The number of hydrogen-bond acceptors (Lipinski definition) is 4. The Hall–Kier alpha value is -2.87. The molecule has 9 heteroatoms. The third kappa shape index (κ3) is 3.03. The van der Waals surface area contributed by atoms with Gasteiger partial charge in [-0.3, -0.25) is 0 Å². The molecule has 3 aromatic heterocycles. The second kappa shape index (κ2) is 6.45. The summed E-state index contributed by atoms with van der Waals surface area (Å²) in [5.74, 6) is 0. The van der Waals surface area contributed by atoms with Crippen molar-refractivity contribution in [3.8, 4) is 5.69 Å². The van der Waals surface area contributed by atoms with Crippen LogP contribution in [0.1, 0.15) is 23.4 Å². The van der Waals surface area contributed by atoms with E-state index in [2.05, 4.69) is 20.2 Å². The van der Waals surface area contributed by atoms with Crippen LogP contribution in [0, 0.1) is 6.92 Å². The molecule has 0 saturated heterocycles. The Bertz CT molecular complexity index is 1070. The molecular formula is C17H13ClF2N6. The number of aromatic nitrogens is 6. The summed E-state index contributed by atoms with van der Waals surface area (Å²) in [6.07, 6.45) is 0.716. The van der Waals surface area contributed by atoms with Crippen LogP contribution in [0.3, 0.4) is 0 Å². The number of nitrogens with zero attached hydrogens (tertiary/aromatic N) is 6. The molecule has 6 nitrogen and oxygen atoms in total. The molecule has 0 aliphatic carbocycles. The van der Waals surface area contributed by atoms with Crippen molar-refractivity contribution in [1.82, 2.24) is 29.5 Å². The van der Waals surface area contributed by atoms with Crippen molar-refractivity contribution < 1.29 is 8.78 Å². The van der Waals surface area contributed by atoms with Gasteiger partial charge in [-0.05, 0) is 42.3 Å². The Balaban J connectivity index is 1.61. The largest absolute Gasteiger partial charge is 0.282 e. The number of halogens is 3. The lowest BCUT2D eigenvalue weighted by molar-refractivity contribution is 0.145. The summed E-state index contributed by atoms with van der Waals surface area (Å²) >= 11 is 5.85. The van der Waals surface area contributed by atoms with Gasteiger partial charge in [0.1, 0.15) is 5.69 Å². The average molecular weight is 375 g/mol. The summed E-state index contributed by atoms with van der Waals surface area (Å²) in [5, 5.41) is 9.23. The van der Waals surface area contributed by atoms with Gasteiger partial charge < -0.3 is 0 Å². The molecule has 0 fully saturated rings. The highest BCUT2D eigenvalue weighted by atomic mass is 35.5. The zero-order chi connectivity index (χ0) is 18.3. The first-order chi connectivity index (χ1) is 12.5. The molecule has 0 bridgehead atoms. The first kappa shape index (κ1) is 16.6. The fourth-order valence-electron chi connectivity index (χ4n) is 2.74. The summed E-state index contributed by atoms with van der Waals surface area (Å²) < 4.78 is 28.8. The van der Waals surface area contributed by atoms with E-state index in [-0.39, 0.29) is 11.0 Å². The lowest BCUT2D eigenvalue weighted by atomic mass is 10.2. The highest BCUT2D eigenvalue weighted by molar-refractivity contribution is 6.28. The number of fused-ring (bicyclic) bond motifs is 1. The van der Waals surface area contributed by atoms with E-state index in [9.17, 15) is 8.78 Å². The first-order valence-electron chi connectivity index (χ1n) is 7.79. The predicted molar refractivity (Wildman–Crippen MR) is 92.7 cm³/mol. The quantitative estimate of drug-likeness (QED) is 0.507. The maximum atomic E-state index is 12.8. The van der Waals surface area contributed by atoms with Crippen LogP contribution in [0.5, 0.6) is 0 Å². The van der Waals surface area contributed by atoms with Gasteiger partial charge in [-0.25, -0.2) is 23.1 Å². The number of alkyl halides is 2. The predicted octanol–water partition coefficient (Wildman–Crippen LogP) is 3.96. The van der Waals surface area contributed by atoms with Crippen molar-refractivity contribution in [3.05, 3.63) is 65.0 Å². The minimum atomic E-state index is -2.59. The lowest BCUT2D eigenvalue weighted by Gasteiger charge is -2.07. The first-order valence-corrected chi connectivity index (χ1v) is 8.17. The van der Waals surface area contributed by atoms with Gasteiger partial charge in [0, 0.05) is 11.9 Å². The van der Waals surface area contributed by atoms with Gasteiger partial charge in [0.05, 0.1) is 23.8 Å². The molecule has 0 aliphatic rings. The van der Waals surface area contributed by atoms with Crippen LogP contribution in [0.2, 0.25) is 5.28 Å². The Morgan fingerprint density at radius 3 is 2.62 bits per heavy atom. The molecule has 26 heavy (non-hydrogen) atoms. The zero-order valence-electron chi connectivity index (χ0n) is 13.6. The maximum Gasteiger partial charge on any atom is 0.282 e. The minimum Gasteiger partial charge on any atom is -0.243 e. The molecule has 3 heterocycles. The van der Waals surface area contributed by atoms with E-state index in [0.717, 1.165) is 10.9 Å². The molecule has 0 aliphatic heterocycles. The van der Waals surface area contributed by atoms with Crippen LogP contribution in [0.15, 0.2) is 42.7 Å². The van der Waals surface area contributed by atoms with Crippen molar-refractivity contribution in [1.29, 1.82) is 0 Å². The molecule has 0 unspecified atom stereocenters. The summed E-state index contributed by atoms with van der Waals surface area (Å²) in [4.78, 5) is 8.13. The molecule has 0 radical (unpaired) electrons. The SMILES string of the molecule is Cc1cc(C(F)F)nn1-c1ccc(Cn2ncc3cnc(Cl)nc32)cc1. The minimum absolute atomic E-state index is 0.165. The second-order valence-corrected chi connectivity index (χ2v) is 6.15. The topological polar surface area (TPSA) is 61.4 Å². The van der Waals surface area contributed by atoms with E-state index >= 15 is 0 Å². The molecule has 4 aromatic rings. The van der Waals surface area contributed by atoms with Gasteiger partial charge in [0.25, 0.3) is 6.43 Å². The van der Waals surface area contributed by atoms with E-state index in [1.54, 1.807) is 24.0 Å². The van der Waals surface area contributed by atoms with Crippen molar-refractivity contribution >= 4 is 22.6 Å². The highest BCUT2D eigenvalue weighted by Crippen LogP contribution is 2.21. The number of rotatable bonds is 4. The average Bonchev–Trinajstić information content (AvgIpc) is 3.20. The third-order valence-corrected chi connectivity index (χ3v) is 4.17. The van der Waals surface area contributed by atoms with E-state index in [4.69, 9.17) is 11.6 Å². The van der Waals surface area contributed by atoms with Gasteiger partial charge in [0.15, 0.2) is 5.65 Å². The van der Waals surface area contributed by atoms with Gasteiger partial charge in [-0.2, -0.15) is 15.2 Å². The van der Waals surface area contributed by atoms with Crippen LogP contribution < -0.4 is 0 Å². The van der Waals surface area contributed by atoms with Crippen molar-refractivity contribution in [3.63, 3.8) is 0 Å². The number of aryl methyl sites for hydroxylation is 1.